The number of rotatable bonds is 15. The van der Waals surface area contributed by atoms with Gasteiger partial charge >= 0.3 is 11.9 Å². The first-order valence-corrected chi connectivity index (χ1v) is 13.5. The van der Waals surface area contributed by atoms with Crippen molar-refractivity contribution in [3.63, 3.8) is 0 Å². The van der Waals surface area contributed by atoms with Gasteiger partial charge in [-0.2, -0.15) is 0 Å². The molecule has 0 saturated carbocycles. The summed E-state index contributed by atoms with van der Waals surface area (Å²) in [6.45, 7) is 9.05. The van der Waals surface area contributed by atoms with Gasteiger partial charge in [-0.15, -0.1) is 0 Å². The normalized spacial score (nSPS) is 28.7. The smallest absolute Gasteiger partial charge is 0.311 e. The molecule has 0 aliphatic carbocycles. The molecule has 2 unspecified atom stereocenters. The van der Waals surface area contributed by atoms with Crippen LogP contribution < -0.4 is 0 Å². The van der Waals surface area contributed by atoms with Crippen LogP contribution in [0.3, 0.4) is 0 Å². The van der Waals surface area contributed by atoms with Crippen LogP contribution in [-0.4, -0.2) is 64.4 Å². The lowest BCUT2D eigenvalue weighted by atomic mass is 9.65. The molecule has 208 valence electrons. The Balaban J connectivity index is 1.71. The van der Waals surface area contributed by atoms with Crippen molar-refractivity contribution < 1.29 is 39.1 Å². The van der Waals surface area contributed by atoms with E-state index in [-0.39, 0.29) is 42.9 Å². The quantitative estimate of drug-likeness (QED) is 0.297. The molecule has 2 bridgehead atoms. The first-order valence-electron chi connectivity index (χ1n) is 13.5. The number of hydrogen-bond donors (Lipinski definition) is 3. The summed E-state index contributed by atoms with van der Waals surface area (Å²) in [6, 6.07) is 9.97. The molecule has 7 atom stereocenters. The predicted octanol–water partition coefficient (Wildman–Crippen LogP) is 3.96. The van der Waals surface area contributed by atoms with E-state index in [4.69, 9.17) is 19.3 Å². The van der Waals surface area contributed by atoms with Crippen molar-refractivity contribution >= 4 is 11.9 Å². The monoisotopic (exact) mass is 520 g/mol. The molecule has 2 fully saturated rings. The molecular formula is C29H44O8. The lowest BCUT2D eigenvalue weighted by Crippen LogP contribution is -2.48. The Morgan fingerprint density at radius 3 is 2.51 bits per heavy atom. The number of carbonyl (C=O) groups excluding carboxylic acids is 1. The second kappa shape index (κ2) is 12.7. The molecule has 0 radical (unpaired) electrons. The molecule has 1 aromatic carbocycles. The van der Waals surface area contributed by atoms with E-state index in [2.05, 4.69) is 6.92 Å². The van der Waals surface area contributed by atoms with E-state index in [0.717, 1.165) is 12.0 Å². The fourth-order valence-corrected chi connectivity index (χ4v) is 5.81. The summed E-state index contributed by atoms with van der Waals surface area (Å²) in [5, 5.41) is 29.4. The van der Waals surface area contributed by atoms with E-state index in [9.17, 15) is 19.8 Å². The van der Waals surface area contributed by atoms with Gasteiger partial charge in [-0.3, -0.25) is 9.59 Å². The number of fused-ring (bicyclic) bond motifs is 2. The summed E-state index contributed by atoms with van der Waals surface area (Å²) >= 11 is 0. The molecular weight excluding hydrogens is 476 g/mol. The Morgan fingerprint density at radius 2 is 1.86 bits per heavy atom. The lowest BCUT2D eigenvalue weighted by molar-refractivity contribution is -0.159. The standard InChI is InChI=1S/C29H44O8/c1-5-28(3,4)27(34)36-18-24-23(17-35-16-20-9-7-6-8-10-20)25-13-19(2)29(24,37-25)12-11-21(30)14-22(31)15-26(32)33/h6-10,19,21-25,30-31H,5,11-18H2,1-4H3,(H,32,33)/t19-,21+,22-,23?,24?,25-,29+/m0/s1. The molecule has 0 amide bonds. The minimum Gasteiger partial charge on any atom is -0.481 e. The number of aliphatic hydroxyl groups is 2. The maximum absolute atomic E-state index is 12.8. The van der Waals surface area contributed by atoms with Crippen LogP contribution in [0.15, 0.2) is 30.3 Å². The molecule has 2 saturated heterocycles. The fraction of sp³-hybridized carbons (Fsp3) is 0.724. The second-order valence-electron chi connectivity index (χ2n) is 11.5. The highest BCUT2D eigenvalue weighted by Crippen LogP contribution is 2.57. The van der Waals surface area contributed by atoms with Crippen LogP contribution in [0.2, 0.25) is 0 Å². The molecule has 2 heterocycles. The number of hydrogen-bond acceptors (Lipinski definition) is 7. The van der Waals surface area contributed by atoms with Crippen molar-refractivity contribution in [1.29, 1.82) is 0 Å². The van der Waals surface area contributed by atoms with Crippen LogP contribution in [0.1, 0.15) is 71.8 Å². The van der Waals surface area contributed by atoms with E-state index >= 15 is 0 Å². The molecule has 2 aliphatic rings. The molecule has 8 heteroatoms. The number of ether oxygens (including phenoxy) is 3. The summed E-state index contributed by atoms with van der Waals surface area (Å²) in [5.41, 5.74) is -0.0706. The Morgan fingerprint density at radius 1 is 1.16 bits per heavy atom. The van der Waals surface area contributed by atoms with Gasteiger partial charge in [0.15, 0.2) is 0 Å². The van der Waals surface area contributed by atoms with E-state index < -0.39 is 35.6 Å². The number of esters is 1. The topological polar surface area (TPSA) is 123 Å². The average Bonchev–Trinajstić information content (AvgIpc) is 3.33. The number of carbonyl (C=O) groups is 2. The van der Waals surface area contributed by atoms with Crippen molar-refractivity contribution in [2.75, 3.05) is 13.2 Å². The fourth-order valence-electron chi connectivity index (χ4n) is 5.81. The molecule has 0 aromatic heterocycles. The van der Waals surface area contributed by atoms with E-state index in [1.165, 1.54) is 0 Å². The van der Waals surface area contributed by atoms with E-state index in [1.807, 2.05) is 51.1 Å². The third-order valence-electron chi connectivity index (χ3n) is 8.49. The minimum absolute atomic E-state index is 0.00581. The van der Waals surface area contributed by atoms with Crippen LogP contribution >= 0.6 is 0 Å². The largest absolute Gasteiger partial charge is 0.481 e. The van der Waals surface area contributed by atoms with E-state index in [0.29, 0.717) is 32.5 Å². The van der Waals surface area contributed by atoms with Gasteiger partial charge in [-0.25, -0.2) is 0 Å². The van der Waals surface area contributed by atoms with Gasteiger partial charge in [0.25, 0.3) is 0 Å². The van der Waals surface area contributed by atoms with Crippen LogP contribution in [0, 0.1) is 23.2 Å². The van der Waals surface area contributed by atoms with Gasteiger partial charge < -0.3 is 29.5 Å². The van der Waals surface area contributed by atoms with Gasteiger partial charge in [0, 0.05) is 11.8 Å². The second-order valence-corrected chi connectivity index (χ2v) is 11.5. The number of carboxylic acid groups (broad SMARTS) is 1. The molecule has 8 nitrogen and oxygen atoms in total. The van der Waals surface area contributed by atoms with Gasteiger partial charge in [0.2, 0.25) is 0 Å². The third kappa shape index (κ3) is 7.31. The highest BCUT2D eigenvalue weighted by Gasteiger charge is 2.62. The number of aliphatic carboxylic acids is 1. The average molecular weight is 521 g/mol. The summed E-state index contributed by atoms with van der Waals surface area (Å²) in [4.78, 5) is 23.7. The lowest BCUT2D eigenvalue weighted by Gasteiger charge is -2.41. The van der Waals surface area contributed by atoms with Gasteiger partial charge in [0.1, 0.15) is 0 Å². The maximum atomic E-state index is 12.8. The molecule has 37 heavy (non-hydrogen) atoms. The molecule has 0 spiro atoms. The Hall–Kier alpha value is -2.00. The predicted molar refractivity (Wildman–Crippen MR) is 138 cm³/mol. The minimum atomic E-state index is -1.10. The van der Waals surface area contributed by atoms with Crippen LogP contribution in [0.5, 0.6) is 0 Å². The Labute approximate surface area is 220 Å². The van der Waals surface area contributed by atoms with Crippen molar-refractivity contribution in [2.45, 2.75) is 96.7 Å². The summed E-state index contributed by atoms with van der Waals surface area (Å²) in [7, 11) is 0. The highest BCUT2D eigenvalue weighted by atomic mass is 16.6. The van der Waals surface area contributed by atoms with Crippen LogP contribution in [0.25, 0.3) is 0 Å². The van der Waals surface area contributed by atoms with Crippen molar-refractivity contribution in [3.8, 4) is 0 Å². The van der Waals surface area contributed by atoms with Crippen LogP contribution in [0.4, 0.5) is 0 Å². The molecule has 3 rings (SSSR count). The SMILES string of the molecule is CCC(C)(C)C(=O)OCC1C(COCc2ccccc2)[C@@H]2C[C@H](C)[C@@]1(CC[C@@H](O)C[C@H](O)CC(=O)O)O2. The zero-order valence-corrected chi connectivity index (χ0v) is 22.6. The summed E-state index contributed by atoms with van der Waals surface area (Å²) < 4.78 is 18.6. The first kappa shape index (κ1) is 29.6. The molecule has 2 aliphatic heterocycles. The summed E-state index contributed by atoms with van der Waals surface area (Å²) in [6.07, 6.45) is 0.0372. The van der Waals surface area contributed by atoms with Gasteiger partial charge in [-0.1, -0.05) is 44.2 Å². The van der Waals surface area contributed by atoms with Crippen LogP contribution in [-0.2, 0) is 30.4 Å². The Bertz CT molecular complexity index is 887. The highest BCUT2D eigenvalue weighted by molar-refractivity contribution is 5.75. The van der Waals surface area contributed by atoms with Crippen molar-refractivity contribution in [1.82, 2.24) is 0 Å². The van der Waals surface area contributed by atoms with E-state index in [1.54, 1.807) is 0 Å². The van der Waals surface area contributed by atoms with Gasteiger partial charge in [0.05, 0.1) is 55.6 Å². The van der Waals surface area contributed by atoms with Gasteiger partial charge in [-0.05, 0) is 57.4 Å². The number of carboxylic acids is 1. The molecule has 1 aromatic rings. The number of aliphatic hydroxyl groups excluding tert-OH is 2. The number of benzene rings is 1. The first-order chi connectivity index (χ1) is 17.5. The van der Waals surface area contributed by atoms with Crippen molar-refractivity contribution in [3.05, 3.63) is 35.9 Å². The zero-order chi connectivity index (χ0) is 27.2. The Kier molecular flexibility index (Phi) is 10.1. The summed E-state index contributed by atoms with van der Waals surface area (Å²) in [5.74, 6) is -1.18. The molecule has 3 N–H and O–H groups in total. The third-order valence-corrected chi connectivity index (χ3v) is 8.49. The van der Waals surface area contributed by atoms with Crippen molar-refractivity contribution in [2.24, 2.45) is 23.2 Å². The maximum Gasteiger partial charge on any atom is 0.311 e. The zero-order valence-electron chi connectivity index (χ0n) is 22.6.